The normalized spacial score (nSPS) is 16.6. The predicted octanol–water partition coefficient (Wildman–Crippen LogP) is 3.14. The fraction of sp³-hybridized carbons (Fsp3) is 0.333. The summed E-state index contributed by atoms with van der Waals surface area (Å²) in [5.74, 6) is 0.853. The zero-order chi connectivity index (χ0) is 15.2. The number of carbonyl (C=O) groups is 1. The average molecular weight is 322 g/mol. The number of thioether (sulfide) groups is 1. The second-order valence-corrected chi connectivity index (χ2v) is 6.35. The number of ether oxygens (including phenoxy) is 1. The number of nitrogens with one attached hydrogen (secondary N) is 1. The Morgan fingerprint density at radius 3 is 2.62 bits per heavy atom. The molecule has 4 nitrogen and oxygen atoms in total. The van der Waals surface area contributed by atoms with Gasteiger partial charge in [-0.15, -0.1) is 0 Å². The number of carbonyl (C=O) groups excluding carboxylic acids is 1. The average Bonchev–Trinajstić information content (AvgIpc) is 2.74. The van der Waals surface area contributed by atoms with E-state index in [-0.39, 0.29) is 5.24 Å². The Balaban J connectivity index is 1.89. The summed E-state index contributed by atoms with van der Waals surface area (Å²) in [5, 5.41) is 2.48. The molecule has 0 aliphatic carbocycles. The van der Waals surface area contributed by atoms with Crippen LogP contribution in [-0.2, 0) is 0 Å². The molecule has 1 heterocycles. The largest absolute Gasteiger partial charge is 0.494 e. The Kier molecular flexibility index (Phi) is 5.78. The van der Waals surface area contributed by atoms with Crippen molar-refractivity contribution in [3.63, 3.8) is 0 Å². The number of amides is 1. The second-order valence-electron chi connectivity index (χ2n) is 4.93. The molecule has 1 amide bonds. The van der Waals surface area contributed by atoms with Crippen molar-refractivity contribution in [2.75, 3.05) is 27.2 Å². The smallest absolute Gasteiger partial charge is 0.289 e. The predicted molar refractivity (Wildman–Crippen MR) is 91.8 cm³/mol. The molecule has 1 aromatic carbocycles. The fourth-order valence-electron chi connectivity index (χ4n) is 1.80. The van der Waals surface area contributed by atoms with Crippen LogP contribution in [0.4, 0.5) is 4.79 Å². The molecule has 1 aliphatic heterocycles. The van der Waals surface area contributed by atoms with Gasteiger partial charge in [0.05, 0.1) is 11.5 Å². The van der Waals surface area contributed by atoms with E-state index in [9.17, 15) is 4.79 Å². The highest BCUT2D eigenvalue weighted by molar-refractivity contribution is 8.19. The van der Waals surface area contributed by atoms with E-state index < -0.39 is 0 Å². The van der Waals surface area contributed by atoms with Gasteiger partial charge < -0.3 is 15.0 Å². The summed E-state index contributed by atoms with van der Waals surface area (Å²) < 4.78 is 5.67. The molecule has 0 aromatic heterocycles. The minimum absolute atomic E-state index is 0.118. The van der Waals surface area contributed by atoms with Crippen molar-refractivity contribution in [2.45, 2.75) is 6.42 Å². The summed E-state index contributed by atoms with van der Waals surface area (Å²) in [6.45, 7) is 1.72. The van der Waals surface area contributed by atoms with Crippen molar-refractivity contribution >= 4 is 40.3 Å². The Morgan fingerprint density at radius 2 is 2.05 bits per heavy atom. The SMILES string of the molecule is CN(C)CCCOc1ccc(/C=C2\SC(=O)NC2=S)cc1. The zero-order valence-electron chi connectivity index (χ0n) is 12.1. The molecule has 1 fully saturated rings. The van der Waals surface area contributed by atoms with Gasteiger partial charge in [-0.2, -0.15) is 0 Å². The Hall–Kier alpha value is -1.37. The van der Waals surface area contributed by atoms with E-state index in [1.165, 1.54) is 0 Å². The molecule has 1 N–H and O–H groups in total. The minimum atomic E-state index is -0.118. The molecule has 0 radical (unpaired) electrons. The summed E-state index contributed by atoms with van der Waals surface area (Å²) in [7, 11) is 4.10. The van der Waals surface area contributed by atoms with Crippen LogP contribution >= 0.6 is 24.0 Å². The van der Waals surface area contributed by atoms with E-state index in [4.69, 9.17) is 17.0 Å². The first-order valence-corrected chi connectivity index (χ1v) is 7.89. The van der Waals surface area contributed by atoms with Crippen molar-refractivity contribution in [3.8, 4) is 5.75 Å². The van der Waals surface area contributed by atoms with Crippen molar-refractivity contribution in [1.29, 1.82) is 0 Å². The second kappa shape index (κ2) is 7.59. The molecule has 0 bridgehead atoms. The van der Waals surface area contributed by atoms with E-state index in [2.05, 4.69) is 10.2 Å². The lowest BCUT2D eigenvalue weighted by Crippen LogP contribution is -2.15. The number of nitrogens with zero attached hydrogens (tertiary/aromatic N) is 1. The number of rotatable bonds is 6. The lowest BCUT2D eigenvalue weighted by atomic mass is 10.2. The lowest BCUT2D eigenvalue weighted by Gasteiger charge is -2.10. The number of hydrogen-bond donors (Lipinski definition) is 1. The summed E-state index contributed by atoms with van der Waals surface area (Å²) in [6, 6.07) is 7.78. The first kappa shape index (κ1) is 16.0. The topological polar surface area (TPSA) is 41.6 Å². The van der Waals surface area contributed by atoms with Gasteiger partial charge in [0.15, 0.2) is 0 Å². The molecule has 0 atom stereocenters. The van der Waals surface area contributed by atoms with Gasteiger partial charge in [0.1, 0.15) is 10.7 Å². The van der Waals surface area contributed by atoms with Crippen molar-refractivity contribution in [3.05, 3.63) is 34.7 Å². The van der Waals surface area contributed by atoms with Crippen LogP contribution in [0.1, 0.15) is 12.0 Å². The van der Waals surface area contributed by atoms with Crippen LogP contribution in [0.2, 0.25) is 0 Å². The molecule has 112 valence electrons. The molecule has 1 saturated heterocycles. The maximum absolute atomic E-state index is 11.2. The van der Waals surface area contributed by atoms with E-state index in [1.54, 1.807) is 0 Å². The van der Waals surface area contributed by atoms with Crippen LogP contribution in [0.15, 0.2) is 29.2 Å². The van der Waals surface area contributed by atoms with Crippen molar-refractivity contribution in [2.24, 2.45) is 0 Å². The molecule has 21 heavy (non-hydrogen) atoms. The van der Waals surface area contributed by atoms with Gasteiger partial charge >= 0.3 is 0 Å². The maximum Gasteiger partial charge on any atom is 0.289 e. The van der Waals surface area contributed by atoms with Crippen LogP contribution in [-0.4, -0.2) is 42.4 Å². The number of hydrogen-bond acceptors (Lipinski definition) is 5. The number of benzene rings is 1. The Bertz CT molecular complexity index is 553. The minimum Gasteiger partial charge on any atom is -0.494 e. The van der Waals surface area contributed by atoms with Crippen molar-refractivity contribution < 1.29 is 9.53 Å². The van der Waals surface area contributed by atoms with Crippen molar-refractivity contribution in [1.82, 2.24) is 10.2 Å². The van der Waals surface area contributed by atoms with Crippen LogP contribution in [0, 0.1) is 0 Å². The van der Waals surface area contributed by atoms with Gasteiger partial charge in [-0.1, -0.05) is 24.4 Å². The molecule has 0 saturated carbocycles. The highest BCUT2D eigenvalue weighted by atomic mass is 32.2. The van der Waals surface area contributed by atoms with Gasteiger partial charge in [0.25, 0.3) is 5.24 Å². The van der Waals surface area contributed by atoms with E-state index >= 15 is 0 Å². The summed E-state index contributed by atoms with van der Waals surface area (Å²) >= 11 is 6.21. The standard InChI is InChI=1S/C15H18N2O2S2/c1-17(2)8-3-9-19-12-6-4-11(5-7-12)10-13-14(20)16-15(18)21-13/h4-7,10H,3,8-9H2,1-2H3,(H,16,18,20)/b13-10-. The van der Waals surface area contributed by atoms with Gasteiger partial charge in [0.2, 0.25) is 0 Å². The highest BCUT2D eigenvalue weighted by Crippen LogP contribution is 2.27. The van der Waals surface area contributed by atoms with Gasteiger partial charge in [-0.25, -0.2) is 0 Å². The Morgan fingerprint density at radius 1 is 1.33 bits per heavy atom. The molecule has 2 rings (SSSR count). The summed E-state index contributed by atoms with van der Waals surface area (Å²) in [4.78, 5) is 14.6. The molecular formula is C15H18N2O2S2. The van der Waals surface area contributed by atoms with E-state index in [0.29, 0.717) is 11.6 Å². The Labute approximate surface area is 134 Å². The van der Waals surface area contributed by atoms with Gasteiger partial charge in [-0.05, 0) is 56.1 Å². The van der Waals surface area contributed by atoms with Crippen LogP contribution < -0.4 is 10.1 Å². The third-order valence-corrected chi connectivity index (χ3v) is 4.12. The molecule has 0 unspecified atom stereocenters. The van der Waals surface area contributed by atoms with Gasteiger partial charge in [0, 0.05) is 6.54 Å². The molecule has 1 aliphatic rings. The van der Waals surface area contributed by atoms with Crippen LogP contribution in [0.3, 0.4) is 0 Å². The lowest BCUT2D eigenvalue weighted by molar-refractivity contribution is 0.265. The third-order valence-electron chi connectivity index (χ3n) is 2.84. The molecular weight excluding hydrogens is 304 g/mol. The van der Waals surface area contributed by atoms with E-state index in [0.717, 1.165) is 40.9 Å². The first-order chi connectivity index (χ1) is 10.0. The quantitative estimate of drug-likeness (QED) is 0.495. The molecule has 0 spiro atoms. The van der Waals surface area contributed by atoms with Crippen LogP contribution in [0.25, 0.3) is 6.08 Å². The summed E-state index contributed by atoms with van der Waals surface area (Å²) in [6.07, 6.45) is 2.90. The zero-order valence-corrected chi connectivity index (χ0v) is 13.7. The monoisotopic (exact) mass is 322 g/mol. The van der Waals surface area contributed by atoms with Crippen LogP contribution in [0.5, 0.6) is 5.75 Å². The molecule has 1 aromatic rings. The summed E-state index contributed by atoms with van der Waals surface area (Å²) in [5.41, 5.74) is 0.997. The molecule has 6 heteroatoms. The third kappa shape index (κ3) is 5.15. The maximum atomic E-state index is 11.2. The number of thiocarbonyl (C=S) groups is 1. The van der Waals surface area contributed by atoms with Gasteiger partial charge in [-0.3, -0.25) is 4.79 Å². The highest BCUT2D eigenvalue weighted by Gasteiger charge is 2.21. The first-order valence-electron chi connectivity index (χ1n) is 6.67. The fourth-order valence-corrected chi connectivity index (χ4v) is 2.84. The van der Waals surface area contributed by atoms with E-state index in [1.807, 2.05) is 44.4 Å².